The highest BCUT2D eigenvalue weighted by Gasteiger charge is 2.52. The van der Waals surface area contributed by atoms with Gasteiger partial charge in [-0.3, -0.25) is 24.4 Å². The van der Waals surface area contributed by atoms with Crippen LogP contribution in [0.5, 0.6) is 0 Å². The van der Waals surface area contributed by atoms with E-state index in [2.05, 4.69) is 15.7 Å². The van der Waals surface area contributed by atoms with E-state index in [0.29, 0.717) is 28.0 Å². The molecule has 0 saturated carbocycles. The summed E-state index contributed by atoms with van der Waals surface area (Å²) >= 11 is 1.07. The fourth-order valence-corrected chi connectivity index (χ4v) is 4.93. The van der Waals surface area contributed by atoms with E-state index < -0.39 is 23.4 Å². The standard InChI is InChI=1S/C24H25N5O4S/c1-4-24(16-10-6-5-7-11-16)21(32)29(22(33)26-24)27-19(30)14-34-23-25-18-13-9-8-12-17(18)20(31)28(23)15(2)3/h5-13,15H,4,14H2,1-3H3,(H,26,33)(H,27,30)/t24-/m0/s1. The summed E-state index contributed by atoms with van der Waals surface area (Å²) in [5, 5.41) is 4.34. The third-order valence-corrected chi connectivity index (χ3v) is 6.70. The molecule has 4 rings (SSSR count). The van der Waals surface area contributed by atoms with Crippen molar-refractivity contribution in [3.05, 3.63) is 70.5 Å². The molecule has 0 radical (unpaired) electrons. The molecule has 4 amide bonds. The predicted molar refractivity (Wildman–Crippen MR) is 129 cm³/mol. The Balaban J connectivity index is 1.52. The number of imide groups is 1. The molecule has 0 aliphatic carbocycles. The summed E-state index contributed by atoms with van der Waals surface area (Å²) in [5.41, 5.74) is 2.16. The number of carbonyl (C=O) groups is 3. The molecule has 10 heteroatoms. The molecule has 176 valence electrons. The minimum absolute atomic E-state index is 0.140. The first-order chi connectivity index (χ1) is 16.3. The molecule has 9 nitrogen and oxygen atoms in total. The van der Waals surface area contributed by atoms with Crippen LogP contribution in [-0.2, 0) is 15.1 Å². The fourth-order valence-electron chi connectivity index (χ4n) is 4.01. The maximum Gasteiger partial charge on any atom is 0.344 e. The summed E-state index contributed by atoms with van der Waals surface area (Å²) in [6.07, 6.45) is 0.324. The molecule has 34 heavy (non-hydrogen) atoms. The molecule has 0 spiro atoms. The van der Waals surface area contributed by atoms with E-state index in [4.69, 9.17) is 0 Å². The molecular formula is C24H25N5O4S. The van der Waals surface area contributed by atoms with Crippen LogP contribution in [0, 0.1) is 0 Å². The number of urea groups is 1. The molecule has 1 saturated heterocycles. The summed E-state index contributed by atoms with van der Waals surface area (Å²) in [5.74, 6) is -1.25. The number of benzene rings is 2. The van der Waals surface area contributed by atoms with Crippen LogP contribution in [0.25, 0.3) is 10.9 Å². The van der Waals surface area contributed by atoms with Crippen molar-refractivity contribution in [2.75, 3.05) is 5.75 Å². The Morgan fingerprint density at radius 2 is 1.76 bits per heavy atom. The van der Waals surface area contributed by atoms with Crippen LogP contribution in [0.15, 0.2) is 64.5 Å². The molecule has 1 aliphatic heterocycles. The van der Waals surface area contributed by atoms with E-state index in [1.807, 2.05) is 19.9 Å². The number of carbonyl (C=O) groups excluding carboxylic acids is 3. The topological polar surface area (TPSA) is 113 Å². The molecule has 1 fully saturated rings. The predicted octanol–water partition coefficient (Wildman–Crippen LogP) is 2.96. The SMILES string of the molecule is CC[C@@]1(c2ccccc2)NC(=O)N(NC(=O)CSc2nc3ccccc3c(=O)n2C(C)C)C1=O. The van der Waals surface area contributed by atoms with Crippen molar-refractivity contribution in [3.8, 4) is 0 Å². The zero-order valence-electron chi connectivity index (χ0n) is 19.1. The second kappa shape index (κ2) is 9.30. The third kappa shape index (κ3) is 4.05. The van der Waals surface area contributed by atoms with Gasteiger partial charge in [0.2, 0.25) is 5.91 Å². The second-order valence-corrected chi connectivity index (χ2v) is 9.14. The highest BCUT2D eigenvalue weighted by atomic mass is 32.2. The average molecular weight is 480 g/mol. The number of nitrogens with one attached hydrogen (secondary N) is 2. The number of para-hydroxylation sites is 1. The van der Waals surface area contributed by atoms with Gasteiger partial charge in [-0.05, 0) is 38.0 Å². The molecule has 2 N–H and O–H groups in total. The van der Waals surface area contributed by atoms with Crippen molar-refractivity contribution in [1.29, 1.82) is 0 Å². The van der Waals surface area contributed by atoms with E-state index in [-0.39, 0.29) is 17.4 Å². The van der Waals surface area contributed by atoms with Crippen molar-refractivity contribution in [1.82, 2.24) is 25.3 Å². The van der Waals surface area contributed by atoms with E-state index in [9.17, 15) is 19.2 Å². The number of hydrogen-bond acceptors (Lipinski definition) is 6. The van der Waals surface area contributed by atoms with E-state index in [1.165, 1.54) is 4.57 Å². The number of rotatable bonds is 7. The summed E-state index contributed by atoms with van der Waals surface area (Å²) in [6.45, 7) is 5.52. The number of amides is 4. The minimum atomic E-state index is -1.24. The quantitative estimate of drug-likeness (QED) is 0.306. The van der Waals surface area contributed by atoms with Gasteiger partial charge in [-0.1, -0.05) is 61.2 Å². The molecule has 1 aromatic heterocycles. The van der Waals surface area contributed by atoms with Gasteiger partial charge in [0.25, 0.3) is 11.5 Å². The van der Waals surface area contributed by atoms with Gasteiger partial charge in [-0.2, -0.15) is 5.01 Å². The van der Waals surface area contributed by atoms with Crippen LogP contribution in [-0.4, -0.2) is 38.2 Å². The number of hydrogen-bond donors (Lipinski definition) is 2. The maximum atomic E-state index is 13.2. The van der Waals surface area contributed by atoms with Gasteiger partial charge >= 0.3 is 6.03 Å². The van der Waals surface area contributed by atoms with Gasteiger partial charge in [0.15, 0.2) is 5.16 Å². The Kier molecular flexibility index (Phi) is 6.43. The normalized spacial score (nSPS) is 17.9. The molecule has 1 aliphatic rings. The number of thioether (sulfide) groups is 1. The zero-order valence-corrected chi connectivity index (χ0v) is 19.9. The van der Waals surface area contributed by atoms with E-state index >= 15 is 0 Å². The third-order valence-electron chi connectivity index (χ3n) is 5.75. The van der Waals surface area contributed by atoms with Gasteiger partial charge in [-0.15, -0.1) is 0 Å². The number of aromatic nitrogens is 2. The van der Waals surface area contributed by atoms with Gasteiger partial charge in [0.1, 0.15) is 5.54 Å². The van der Waals surface area contributed by atoms with Gasteiger partial charge in [-0.25, -0.2) is 9.78 Å². The summed E-state index contributed by atoms with van der Waals surface area (Å²) < 4.78 is 1.53. The van der Waals surface area contributed by atoms with Crippen LogP contribution < -0.4 is 16.3 Å². The largest absolute Gasteiger partial charge is 0.344 e. The Labute approximate surface area is 200 Å². The molecular weight excluding hydrogens is 454 g/mol. The molecule has 1 atom stereocenters. The Hall–Kier alpha value is -3.66. The minimum Gasteiger partial charge on any atom is -0.318 e. The van der Waals surface area contributed by atoms with Gasteiger partial charge < -0.3 is 5.32 Å². The lowest BCUT2D eigenvalue weighted by Gasteiger charge is -2.25. The second-order valence-electron chi connectivity index (χ2n) is 8.20. The van der Waals surface area contributed by atoms with Crippen molar-refractivity contribution < 1.29 is 14.4 Å². The molecule has 0 unspecified atom stereocenters. The molecule has 2 heterocycles. The van der Waals surface area contributed by atoms with E-state index in [0.717, 1.165) is 16.8 Å². The van der Waals surface area contributed by atoms with Crippen LogP contribution in [0.2, 0.25) is 0 Å². The highest BCUT2D eigenvalue weighted by Crippen LogP contribution is 2.31. The van der Waals surface area contributed by atoms with Crippen LogP contribution in [0.3, 0.4) is 0 Å². The number of hydrazine groups is 1. The van der Waals surface area contributed by atoms with Crippen molar-refractivity contribution >= 4 is 40.5 Å². The molecule has 3 aromatic rings. The molecule has 0 bridgehead atoms. The Morgan fingerprint density at radius 3 is 2.44 bits per heavy atom. The van der Waals surface area contributed by atoms with Crippen molar-refractivity contribution in [2.45, 2.75) is 43.9 Å². The zero-order chi connectivity index (χ0) is 24.5. The maximum absolute atomic E-state index is 13.2. The van der Waals surface area contributed by atoms with Crippen LogP contribution >= 0.6 is 11.8 Å². The molecule has 2 aromatic carbocycles. The van der Waals surface area contributed by atoms with Crippen molar-refractivity contribution in [3.63, 3.8) is 0 Å². The Morgan fingerprint density at radius 1 is 1.09 bits per heavy atom. The average Bonchev–Trinajstić information content (AvgIpc) is 3.08. The van der Waals surface area contributed by atoms with Crippen LogP contribution in [0.1, 0.15) is 38.8 Å². The number of nitrogens with zero attached hydrogens (tertiary/aromatic N) is 3. The van der Waals surface area contributed by atoms with E-state index in [1.54, 1.807) is 55.5 Å². The fraction of sp³-hybridized carbons (Fsp3) is 0.292. The van der Waals surface area contributed by atoms with Crippen molar-refractivity contribution in [2.24, 2.45) is 0 Å². The first-order valence-corrected chi connectivity index (χ1v) is 11.9. The van der Waals surface area contributed by atoms with Gasteiger partial charge in [0.05, 0.1) is 16.7 Å². The van der Waals surface area contributed by atoms with Gasteiger partial charge in [0, 0.05) is 6.04 Å². The lowest BCUT2D eigenvalue weighted by atomic mass is 9.87. The smallest absolute Gasteiger partial charge is 0.318 e. The Bertz CT molecular complexity index is 1320. The first kappa shape index (κ1) is 23.5. The monoisotopic (exact) mass is 479 g/mol. The highest BCUT2D eigenvalue weighted by molar-refractivity contribution is 7.99. The summed E-state index contributed by atoms with van der Waals surface area (Å²) in [4.78, 5) is 56.0. The number of fused-ring (bicyclic) bond motifs is 1. The summed E-state index contributed by atoms with van der Waals surface area (Å²) in [7, 11) is 0. The van der Waals surface area contributed by atoms with Crippen LogP contribution in [0.4, 0.5) is 4.79 Å². The lowest BCUT2D eigenvalue weighted by Crippen LogP contribution is -2.49. The first-order valence-electron chi connectivity index (χ1n) is 10.9. The summed E-state index contributed by atoms with van der Waals surface area (Å²) in [6, 6.07) is 15.1. The lowest BCUT2D eigenvalue weighted by molar-refractivity contribution is -0.138.